The van der Waals surface area contributed by atoms with Gasteiger partial charge < -0.3 is 10.0 Å². The molecule has 7 heteroatoms. The van der Waals surface area contributed by atoms with E-state index < -0.39 is 15.6 Å². The van der Waals surface area contributed by atoms with Crippen LogP contribution in [0.3, 0.4) is 0 Å². The van der Waals surface area contributed by atoms with Crippen molar-refractivity contribution in [2.24, 2.45) is 4.40 Å². The van der Waals surface area contributed by atoms with Gasteiger partial charge in [0, 0.05) is 34.5 Å². The average molecular weight is 429 g/mol. The monoisotopic (exact) mass is 428 g/mol. The molecule has 1 N–H and O–H groups in total. The highest BCUT2D eigenvalue weighted by Crippen LogP contribution is 2.37. The van der Waals surface area contributed by atoms with Gasteiger partial charge in [-0.05, 0) is 67.2 Å². The molecular formula is C18H25BrN2O3S. The Hall–Kier alpha value is -1.18. The number of nitrogens with zero attached hydrogens (tertiary/aromatic N) is 2. The summed E-state index contributed by atoms with van der Waals surface area (Å²) in [6.07, 6.45) is 1.52. The second-order valence-electron chi connectivity index (χ2n) is 7.02. The number of aliphatic hydroxyl groups is 1. The second kappa shape index (κ2) is 7.21. The Morgan fingerprint density at radius 1 is 1.44 bits per heavy atom. The third kappa shape index (κ3) is 4.71. The molecule has 1 heterocycles. The second-order valence-corrected chi connectivity index (χ2v) is 9.45. The van der Waals surface area contributed by atoms with Crippen LogP contribution in [0.4, 0.5) is 5.69 Å². The van der Waals surface area contributed by atoms with E-state index in [1.165, 1.54) is 0 Å². The third-order valence-electron chi connectivity index (χ3n) is 4.06. The predicted octanol–water partition coefficient (Wildman–Crippen LogP) is 4.05. The molecule has 1 aromatic carbocycles. The van der Waals surface area contributed by atoms with Crippen molar-refractivity contribution in [1.82, 2.24) is 0 Å². The van der Waals surface area contributed by atoms with E-state index in [4.69, 9.17) is 0 Å². The van der Waals surface area contributed by atoms with Gasteiger partial charge in [-0.1, -0.05) is 13.5 Å². The van der Waals surface area contributed by atoms with Gasteiger partial charge in [0.25, 0.3) is 10.0 Å². The molecule has 1 aliphatic heterocycles. The molecule has 2 rings (SSSR count). The van der Waals surface area contributed by atoms with E-state index >= 15 is 0 Å². The van der Waals surface area contributed by atoms with Gasteiger partial charge in [0.05, 0.1) is 5.60 Å². The zero-order valence-corrected chi connectivity index (χ0v) is 17.5. The Morgan fingerprint density at radius 3 is 2.60 bits per heavy atom. The Bertz CT molecular complexity index is 823. The lowest BCUT2D eigenvalue weighted by Gasteiger charge is -2.20. The normalized spacial score (nSPS) is 15.4. The largest absolute Gasteiger partial charge is 0.390 e. The summed E-state index contributed by atoms with van der Waals surface area (Å²) in [6.45, 7) is 11.8. The summed E-state index contributed by atoms with van der Waals surface area (Å²) in [6, 6.07) is 3.51. The van der Waals surface area contributed by atoms with E-state index in [9.17, 15) is 13.5 Å². The minimum atomic E-state index is -3.87. The van der Waals surface area contributed by atoms with Crippen LogP contribution in [0.2, 0.25) is 0 Å². The summed E-state index contributed by atoms with van der Waals surface area (Å²) < 4.78 is 30.2. The SMILES string of the molecule is C=C(C)N1CCc2cc(Br)c(S(=O)(=O)N=C(CC)CC(C)(C)O)cc21. The highest BCUT2D eigenvalue weighted by molar-refractivity contribution is 9.10. The number of halogens is 1. The minimum Gasteiger partial charge on any atom is -0.390 e. The topological polar surface area (TPSA) is 70.0 Å². The molecule has 0 aromatic heterocycles. The summed E-state index contributed by atoms with van der Waals surface area (Å²) >= 11 is 3.38. The molecule has 0 saturated carbocycles. The van der Waals surface area contributed by atoms with Crippen molar-refractivity contribution in [3.8, 4) is 0 Å². The van der Waals surface area contributed by atoms with E-state index in [1.54, 1.807) is 19.9 Å². The van der Waals surface area contributed by atoms with Gasteiger partial charge in [0.1, 0.15) is 4.90 Å². The summed E-state index contributed by atoms with van der Waals surface area (Å²) in [5, 5.41) is 9.96. The van der Waals surface area contributed by atoms with E-state index in [1.807, 2.05) is 24.8 Å². The maximum absolute atomic E-state index is 12.8. The lowest BCUT2D eigenvalue weighted by Crippen LogP contribution is -2.23. The van der Waals surface area contributed by atoms with Crippen LogP contribution in [-0.4, -0.2) is 31.4 Å². The molecule has 0 amide bonds. The molecule has 25 heavy (non-hydrogen) atoms. The third-order valence-corrected chi connectivity index (χ3v) is 6.37. The first kappa shape index (κ1) is 20.1. The zero-order valence-electron chi connectivity index (χ0n) is 15.1. The lowest BCUT2D eigenvalue weighted by atomic mass is 10.0. The zero-order chi connectivity index (χ0) is 19.0. The lowest BCUT2D eigenvalue weighted by molar-refractivity contribution is 0.0882. The smallest absolute Gasteiger partial charge is 0.283 e. The van der Waals surface area contributed by atoms with Crippen LogP contribution in [-0.2, 0) is 16.4 Å². The van der Waals surface area contributed by atoms with E-state index in [2.05, 4.69) is 26.9 Å². The first-order valence-electron chi connectivity index (χ1n) is 8.25. The van der Waals surface area contributed by atoms with Crippen LogP contribution >= 0.6 is 15.9 Å². The summed E-state index contributed by atoms with van der Waals surface area (Å²) in [7, 11) is -3.87. The van der Waals surface area contributed by atoms with Crippen molar-refractivity contribution in [3.05, 3.63) is 34.4 Å². The van der Waals surface area contributed by atoms with Crippen LogP contribution in [0, 0.1) is 0 Å². The number of benzene rings is 1. The minimum absolute atomic E-state index is 0.140. The Morgan fingerprint density at radius 2 is 2.08 bits per heavy atom. The first-order valence-corrected chi connectivity index (χ1v) is 10.5. The van der Waals surface area contributed by atoms with Crippen molar-refractivity contribution in [3.63, 3.8) is 0 Å². The fourth-order valence-electron chi connectivity index (χ4n) is 2.92. The van der Waals surface area contributed by atoms with Crippen LogP contribution in [0.5, 0.6) is 0 Å². The van der Waals surface area contributed by atoms with Gasteiger partial charge in [-0.2, -0.15) is 12.8 Å². The van der Waals surface area contributed by atoms with Crippen molar-refractivity contribution >= 4 is 37.4 Å². The van der Waals surface area contributed by atoms with Gasteiger partial charge in [0.2, 0.25) is 0 Å². The number of fused-ring (bicyclic) bond motifs is 1. The van der Waals surface area contributed by atoms with Gasteiger partial charge >= 0.3 is 0 Å². The van der Waals surface area contributed by atoms with Crippen molar-refractivity contribution < 1.29 is 13.5 Å². The molecule has 0 unspecified atom stereocenters. The highest BCUT2D eigenvalue weighted by atomic mass is 79.9. The summed E-state index contributed by atoms with van der Waals surface area (Å²) in [5.74, 6) is 0. The Kier molecular flexibility index (Phi) is 5.81. The number of sulfonamides is 1. The predicted molar refractivity (Wildman–Crippen MR) is 106 cm³/mol. The molecule has 0 saturated heterocycles. The van der Waals surface area contributed by atoms with E-state index in [0.717, 1.165) is 29.9 Å². The highest BCUT2D eigenvalue weighted by Gasteiger charge is 2.27. The number of rotatable bonds is 6. The quantitative estimate of drug-likeness (QED) is 0.693. The molecule has 5 nitrogen and oxygen atoms in total. The number of hydrogen-bond donors (Lipinski definition) is 1. The van der Waals surface area contributed by atoms with Gasteiger partial charge in [-0.3, -0.25) is 0 Å². The molecular weight excluding hydrogens is 404 g/mol. The molecule has 138 valence electrons. The summed E-state index contributed by atoms with van der Waals surface area (Å²) in [4.78, 5) is 2.16. The molecule has 0 bridgehead atoms. The summed E-state index contributed by atoms with van der Waals surface area (Å²) in [5.41, 5.74) is 2.28. The van der Waals surface area contributed by atoms with Crippen LogP contribution < -0.4 is 4.90 Å². The van der Waals surface area contributed by atoms with Crippen molar-refractivity contribution in [2.75, 3.05) is 11.4 Å². The number of allylic oxidation sites excluding steroid dienone is 1. The maximum atomic E-state index is 12.8. The van der Waals surface area contributed by atoms with Gasteiger partial charge in [-0.25, -0.2) is 0 Å². The fourth-order valence-corrected chi connectivity index (χ4v) is 5.12. The first-order chi connectivity index (χ1) is 11.4. The van der Waals surface area contributed by atoms with Gasteiger partial charge in [-0.15, -0.1) is 0 Å². The van der Waals surface area contributed by atoms with Crippen LogP contribution in [0.15, 0.2) is 38.2 Å². The number of anilines is 1. The van der Waals surface area contributed by atoms with Crippen molar-refractivity contribution in [2.45, 2.75) is 57.5 Å². The number of hydrogen-bond acceptors (Lipinski definition) is 4. The molecule has 0 fully saturated rings. The maximum Gasteiger partial charge on any atom is 0.283 e. The van der Waals surface area contributed by atoms with Crippen LogP contribution in [0.25, 0.3) is 0 Å². The molecule has 0 radical (unpaired) electrons. The molecule has 0 aliphatic carbocycles. The molecule has 0 spiro atoms. The van der Waals surface area contributed by atoms with Crippen molar-refractivity contribution in [1.29, 1.82) is 0 Å². The van der Waals surface area contributed by atoms with Gasteiger partial charge in [0.15, 0.2) is 0 Å². The fraction of sp³-hybridized carbons (Fsp3) is 0.500. The van der Waals surface area contributed by atoms with E-state index in [-0.39, 0.29) is 11.3 Å². The standard InChI is InChI=1S/C18H25BrN2O3S/c1-6-14(11-18(4,5)22)20-25(23,24)17-10-16-13(9-15(17)19)7-8-21(16)12(2)3/h9-10,22H,2,6-8,11H2,1,3-5H3. The van der Waals surface area contributed by atoms with Crippen LogP contribution in [0.1, 0.15) is 46.1 Å². The Balaban J connectivity index is 2.50. The Labute approximate surface area is 158 Å². The molecule has 0 atom stereocenters. The van der Waals surface area contributed by atoms with E-state index in [0.29, 0.717) is 16.6 Å². The molecule has 1 aliphatic rings. The average Bonchev–Trinajstić information content (AvgIpc) is 2.86. The molecule has 1 aromatic rings.